The van der Waals surface area contributed by atoms with Crippen molar-refractivity contribution in [1.82, 2.24) is 0 Å². The third kappa shape index (κ3) is 10.9. The second-order valence-electron chi connectivity index (χ2n) is 15.5. The molecule has 2 aromatic carbocycles. The van der Waals surface area contributed by atoms with Crippen LogP contribution in [0, 0.1) is 37.8 Å². The van der Waals surface area contributed by atoms with Crippen LogP contribution in [0.1, 0.15) is 146 Å². The molecule has 240 valence electrons. The van der Waals surface area contributed by atoms with Crippen LogP contribution < -0.4 is 0 Å². The molecule has 0 unspecified atom stereocenters. The van der Waals surface area contributed by atoms with E-state index in [0.717, 1.165) is 24.7 Å². The van der Waals surface area contributed by atoms with Crippen LogP contribution >= 0.6 is 24.8 Å². The van der Waals surface area contributed by atoms with Crippen molar-refractivity contribution in [2.24, 2.45) is 11.8 Å². The van der Waals surface area contributed by atoms with Gasteiger partial charge in [-0.25, -0.2) is 12.2 Å². The maximum atomic E-state index is 3.69. The van der Waals surface area contributed by atoms with E-state index in [9.17, 15) is 0 Å². The second-order valence-corrected chi connectivity index (χ2v) is 17.3. The van der Waals surface area contributed by atoms with Crippen LogP contribution in [0.5, 0.6) is 0 Å². The summed E-state index contributed by atoms with van der Waals surface area (Å²) in [5, 5.41) is 0. The van der Waals surface area contributed by atoms with Crippen LogP contribution in [0.25, 0.3) is 11.1 Å². The fourth-order valence-electron chi connectivity index (χ4n) is 7.57. The van der Waals surface area contributed by atoms with E-state index in [4.69, 9.17) is 0 Å². The summed E-state index contributed by atoms with van der Waals surface area (Å²) in [7, 11) is 0. The molecule has 0 aliphatic heterocycles. The topological polar surface area (TPSA) is 0 Å². The number of fused-ring (bicyclic) bond motifs is 3. The number of aryl methyl sites for hydroxylation is 2. The van der Waals surface area contributed by atoms with E-state index in [0.29, 0.717) is 0 Å². The molecule has 0 spiro atoms. The molecule has 0 radical (unpaired) electrons. The number of halogens is 2. The predicted octanol–water partition coefficient (Wildman–Crippen LogP) is 12.3. The molecule has 0 N–H and O–H groups in total. The Morgan fingerprint density at radius 1 is 0.773 bits per heavy atom. The van der Waals surface area contributed by atoms with Crippen molar-refractivity contribution in [2.45, 2.75) is 143 Å². The summed E-state index contributed by atoms with van der Waals surface area (Å²) in [5.74, 6) is 2.18. The first kappa shape index (κ1) is 39.4. The summed E-state index contributed by atoms with van der Waals surface area (Å²) >= 11 is 1.74. The SMILES string of the molecule is Cc1[c-]c2c(cc1C(C)(C)C)-c1cc(C(C)(C)C)c(C)cc1C2.Cl.Cl.[C-]1=CC=CC1.[Zr+2]=[C](CC1CCCC1)CC1CCCC1. The molecule has 44 heavy (non-hydrogen) atoms. The Morgan fingerprint density at radius 2 is 1.30 bits per heavy atom. The fraction of sp³-hybridized carbons (Fsp3) is 0.585. The normalized spacial score (nSPS) is 17.1. The van der Waals surface area contributed by atoms with Gasteiger partial charge >= 0.3 is 103 Å². The third-order valence-corrected chi connectivity index (χ3v) is 10.7. The van der Waals surface area contributed by atoms with E-state index in [2.05, 4.69) is 91.8 Å². The summed E-state index contributed by atoms with van der Waals surface area (Å²) in [5.41, 5.74) is 11.6. The molecule has 0 aromatic heterocycles. The van der Waals surface area contributed by atoms with Gasteiger partial charge in [0.25, 0.3) is 0 Å². The molecule has 0 atom stereocenters. The van der Waals surface area contributed by atoms with Gasteiger partial charge in [-0.3, -0.25) is 6.08 Å². The first-order valence-electron chi connectivity index (χ1n) is 16.8. The van der Waals surface area contributed by atoms with Crippen LogP contribution in [-0.2, 0) is 41.5 Å². The van der Waals surface area contributed by atoms with Gasteiger partial charge < -0.3 is 0 Å². The Hall–Kier alpha value is -0.747. The zero-order valence-corrected chi connectivity index (χ0v) is 33.0. The molecule has 4 aliphatic carbocycles. The van der Waals surface area contributed by atoms with Crippen LogP contribution in [0.4, 0.5) is 0 Å². The Labute approximate surface area is 298 Å². The van der Waals surface area contributed by atoms with Gasteiger partial charge in [0, 0.05) is 0 Å². The molecule has 0 nitrogen and oxygen atoms in total. The number of benzene rings is 2. The van der Waals surface area contributed by atoms with Crippen molar-refractivity contribution < 1.29 is 24.2 Å². The number of hydrogen-bond donors (Lipinski definition) is 0. The third-order valence-electron chi connectivity index (χ3n) is 9.69. The zero-order valence-electron chi connectivity index (χ0n) is 28.9. The van der Waals surface area contributed by atoms with Crippen LogP contribution in [0.15, 0.2) is 36.4 Å². The molecule has 2 saturated carbocycles. The molecule has 2 fully saturated rings. The predicted molar refractivity (Wildman–Crippen MR) is 195 cm³/mol. The van der Waals surface area contributed by atoms with Crippen LogP contribution in [0.3, 0.4) is 0 Å². The van der Waals surface area contributed by atoms with Crippen molar-refractivity contribution in [3.63, 3.8) is 0 Å². The molecule has 0 bridgehead atoms. The van der Waals surface area contributed by atoms with E-state index < -0.39 is 0 Å². The fourth-order valence-corrected chi connectivity index (χ4v) is 8.99. The number of hydrogen-bond acceptors (Lipinski definition) is 0. The zero-order chi connectivity index (χ0) is 30.5. The van der Waals surface area contributed by atoms with E-state index in [1.807, 2.05) is 15.4 Å². The summed E-state index contributed by atoms with van der Waals surface area (Å²) in [6, 6.07) is 10.9. The molecule has 0 heterocycles. The van der Waals surface area contributed by atoms with Gasteiger partial charge in [-0.1, -0.05) is 71.6 Å². The Balaban J connectivity index is 0.000000273. The summed E-state index contributed by atoms with van der Waals surface area (Å²) in [6.07, 6.45) is 26.2. The van der Waals surface area contributed by atoms with Gasteiger partial charge in [0.05, 0.1) is 0 Å². The first-order chi connectivity index (χ1) is 19.8. The molecular weight excluding hydrogens is 655 g/mol. The summed E-state index contributed by atoms with van der Waals surface area (Å²) < 4.78 is 1.90. The molecule has 4 aliphatic rings. The van der Waals surface area contributed by atoms with Crippen molar-refractivity contribution in [2.75, 3.05) is 0 Å². The van der Waals surface area contributed by atoms with Crippen LogP contribution in [0.2, 0.25) is 0 Å². The molecular formula is C41H58Cl2Zr. The van der Waals surface area contributed by atoms with Crippen molar-refractivity contribution >= 4 is 28.0 Å². The summed E-state index contributed by atoms with van der Waals surface area (Å²) in [6.45, 7) is 18.2. The van der Waals surface area contributed by atoms with Crippen LogP contribution in [-0.4, -0.2) is 3.21 Å². The van der Waals surface area contributed by atoms with Gasteiger partial charge in [-0.2, -0.15) is 23.8 Å². The van der Waals surface area contributed by atoms with Gasteiger partial charge in [0.15, 0.2) is 0 Å². The standard InChI is InChI=1S/C23H29.C13H22.C5H5.2ClH.Zr/c1-14-9-16-11-17-10-15(2)21(23(6,7)8)13-19(17)18(16)12-20(14)22(3,4)5;1-2-7-12(6-1)10-5-11-13-8-3-4-9-13;1-2-4-5-3-1;;;/h9,12-13H,11H2,1-8H3;12-13H,1-4,6-11H2;1-3H,4H2;2*1H;/q-1;;-1;;;+2. The minimum absolute atomic E-state index is 0. The van der Waals surface area contributed by atoms with E-state index in [1.54, 1.807) is 24.2 Å². The van der Waals surface area contributed by atoms with Gasteiger partial charge in [-0.05, 0) is 35.4 Å². The van der Waals surface area contributed by atoms with Gasteiger partial charge in [0.1, 0.15) is 0 Å². The van der Waals surface area contributed by atoms with Gasteiger partial charge in [0.2, 0.25) is 0 Å². The monoisotopic (exact) mass is 710 g/mol. The first-order valence-corrected chi connectivity index (χ1v) is 18.0. The average Bonchev–Trinajstić information content (AvgIpc) is 3.71. The molecule has 6 rings (SSSR count). The number of rotatable bonds is 4. The maximum absolute atomic E-state index is 3.69. The van der Waals surface area contributed by atoms with E-state index in [-0.39, 0.29) is 35.6 Å². The van der Waals surface area contributed by atoms with Gasteiger partial charge in [-0.15, -0.1) is 47.9 Å². The van der Waals surface area contributed by atoms with Crippen molar-refractivity contribution in [3.05, 3.63) is 82.0 Å². The van der Waals surface area contributed by atoms with Crippen molar-refractivity contribution in [3.8, 4) is 11.1 Å². The quantitative estimate of drug-likeness (QED) is 0.236. The average molecular weight is 713 g/mol. The molecule has 2 aromatic rings. The Kier molecular flexibility index (Phi) is 15.6. The molecule has 0 amide bonds. The number of allylic oxidation sites excluding steroid dienone is 4. The second kappa shape index (κ2) is 17.4. The minimum atomic E-state index is 0. The molecule has 3 heteroatoms. The Bertz CT molecular complexity index is 1190. The molecule has 0 saturated heterocycles. The van der Waals surface area contributed by atoms with E-state index in [1.165, 1.54) is 109 Å². The summed E-state index contributed by atoms with van der Waals surface area (Å²) in [4.78, 5) is 0. The van der Waals surface area contributed by atoms with Crippen molar-refractivity contribution in [1.29, 1.82) is 0 Å². The Morgan fingerprint density at radius 3 is 1.73 bits per heavy atom. The van der Waals surface area contributed by atoms with E-state index >= 15 is 0 Å².